The molecular formula is C24H22N2. The van der Waals surface area contributed by atoms with Gasteiger partial charge in [-0.05, 0) is 43.3 Å². The van der Waals surface area contributed by atoms with Gasteiger partial charge in [-0.15, -0.1) is 0 Å². The maximum Gasteiger partial charge on any atom is 0.106 e. The number of benzene rings is 3. The second-order valence-electron chi connectivity index (χ2n) is 6.04. The van der Waals surface area contributed by atoms with E-state index in [2.05, 4.69) is 43.1 Å². The van der Waals surface area contributed by atoms with Gasteiger partial charge in [0.1, 0.15) is 5.84 Å². The first kappa shape index (κ1) is 17.5. The summed E-state index contributed by atoms with van der Waals surface area (Å²) in [5, 5.41) is 3.39. The van der Waals surface area contributed by atoms with Gasteiger partial charge in [-0.1, -0.05) is 66.8 Å². The van der Waals surface area contributed by atoms with E-state index in [1.165, 1.54) is 5.56 Å². The van der Waals surface area contributed by atoms with Gasteiger partial charge in [0.2, 0.25) is 0 Å². The van der Waals surface area contributed by atoms with Crippen LogP contribution < -0.4 is 5.32 Å². The van der Waals surface area contributed by atoms with Crippen molar-refractivity contribution in [3.63, 3.8) is 0 Å². The molecule has 1 N–H and O–H groups in total. The highest BCUT2D eigenvalue weighted by Gasteiger charge is 2.01. The van der Waals surface area contributed by atoms with E-state index in [1.54, 1.807) is 0 Å². The zero-order valence-electron chi connectivity index (χ0n) is 15.2. The fraction of sp³-hybridized carbons (Fsp3) is 0.125. The highest BCUT2D eigenvalue weighted by molar-refractivity contribution is 5.97. The largest absolute Gasteiger partial charge is 0.344 e. The molecule has 0 saturated heterocycles. The van der Waals surface area contributed by atoms with E-state index in [4.69, 9.17) is 4.99 Å². The molecule has 0 spiro atoms. The molecule has 0 amide bonds. The Kier molecular flexibility index (Phi) is 5.85. The summed E-state index contributed by atoms with van der Waals surface area (Å²) in [5.74, 6) is 7.40. The van der Waals surface area contributed by atoms with Crippen LogP contribution in [0.25, 0.3) is 0 Å². The van der Waals surface area contributed by atoms with E-state index >= 15 is 0 Å². The monoisotopic (exact) mass is 338 g/mol. The minimum Gasteiger partial charge on any atom is -0.344 e. The summed E-state index contributed by atoms with van der Waals surface area (Å²) in [5.41, 5.74) is 5.09. The van der Waals surface area contributed by atoms with Crippen LogP contribution in [0.2, 0.25) is 0 Å². The molecule has 2 heteroatoms. The van der Waals surface area contributed by atoms with Crippen molar-refractivity contribution in [3.8, 4) is 11.8 Å². The predicted octanol–water partition coefficient (Wildman–Crippen LogP) is 5.95. The summed E-state index contributed by atoms with van der Waals surface area (Å²) in [7, 11) is 0. The van der Waals surface area contributed by atoms with E-state index < -0.39 is 0 Å². The topological polar surface area (TPSA) is 24.4 Å². The summed E-state index contributed by atoms with van der Waals surface area (Å²) in [6.07, 6.45) is 0.814. The third-order valence-electron chi connectivity index (χ3n) is 3.95. The molecule has 3 aromatic rings. The third kappa shape index (κ3) is 4.84. The number of amidine groups is 1. The Bertz CT molecular complexity index is 943. The van der Waals surface area contributed by atoms with Crippen LogP contribution in [0.15, 0.2) is 83.9 Å². The molecule has 0 aliphatic rings. The first-order valence-corrected chi connectivity index (χ1v) is 8.82. The van der Waals surface area contributed by atoms with E-state index in [1.807, 2.05) is 66.7 Å². The fourth-order valence-electron chi connectivity index (χ4n) is 2.48. The molecule has 0 heterocycles. The lowest BCUT2D eigenvalue weighted by molar-refractivity contribution is 1.25. The molecule has 3 rings (SSSR count). The Balaban J connectivity index is 1.87. The van der Waals surface area contributed by atoms with Crippen molar-refractivity contribution in [2.75, 3.05) is 5.32 Å². The van der Waals surface area contributed by atoms with E-state index in [0.29, 0.717) is 0 Å². The smallest absolute Gasteiger partial charge is 0.106 e. The predicted molar refractivity (Wildman–Crippen MR) is 111 cm³/mol. The van der Waals surface area contributed by atoms with Crippen molar-refractivity contribution >= 4 is 17.2 Å². The van der Waals surface area contributed by atoms with Crippen LogP contribution >= 0.6 is 0 Å². The standard InChI is InChI=1S/C24H22N2/c1-3-24(25-22-10-5-4-6-11-22)26-23-12-8-7-9-21(23)18-17-20-15-13-19(2)14-16-20/h4-16H,3H2,1-2H3,(H,25,26). The molecule has 128 valence electrons. The molecule has 0 fully saturated rings. The molecule has 26 heavy (non-hydrogen) atoms. The number of aryl methyl sites for hydroxylation is 1. The zero-order chi connectivity index (χ0) is 18.2. The molecule has 0 atom stereocenters. The van der Waals surface area contributed by atoms with Crippen molar-refractivity contribution in [1.29, 1.82) is 0 Å². The van der Waals surface area contributed by atoms with E-state index in [9.17, 15) is 0 Å². The Morgan fingerprint density at radius 1 is 0.846 bits per heavy atom. The maximum atomic E-state index is 4.80. The molecule has 0 aliphatic carbocycles. The summed E-state index contributed by atoms with van der Waals surface area (Å²) in [6.45, 7) is 4.17. The van der Waals surface area contributed by atoms with Crippen molar-refractivity contribution < 1.29 is 0 Å². The number of nitrogens with zero attached hydrogens (tertiary/aromatic N) is 1. The van der Waals surface area contributed by atoms with Crippen LogP contribution in [-0.2, 0) is 0 Å². The van der Waals surface area contributed by atoms with Gasteiger partial charge in [-0.2, -0.15) is 0 Å². The first-order valence-electron chi connectivity index (χ1n) is 8.82. The number of anilines is 1. The van der Waals surface area contributed by atoms with Crippen LogP contribution in [-0.4, -0.2) is 5.84 Å². The summed E-state index contributed by atoms with van der Waals surface area (Å²) in [4.78, 5) is 4.80. The zero-order valence-corrected chi connectivity index (χ0v) is 15.2. The average Bonchev–Trinajstić information content (AvgIpc) is 2.69. The first-order chi connectivity index (χ1) is 12.7. The molecule has 0 radical (unpaired) electrons. The van der Waals surface area contributed by atoms with E-state index in [-0.39, 0.29) is 0 Å². The number of aliphatic imine (C=N–C) groups is 1. The molecule has 0 saturated carbocycles. The number of nitrogens with one attached hydrogen (secondary N) is 1. The Labute approximate surface area is 155 Å². The Morgan fingerprint density at radius 2 is 1.54 bits per heavy atom. The average molecular weight is 338 g/mol. The lowest BCUT2D eigenvalue weighted by Crippen LogP contribution is -2.10. The molecule has 2 nitrogen and oxygen atoms in total. The second kappa shape index (κ2) is 8.69. The molecule has 0 aliphatic heterocycles. The minimum atomic E-state index is 0.814. The van der Waals surface area contributed by atoms with Gasteiger partial charge >= 0.3 is 0 Å². The summed E-state index contributed by atoms with van der Waals surface area (Å²) in [6, 6.07) is 26.3. The number of hydrogen-bond acceptors (Lipinski definition) is 1. The van der Waals surface area contributed by atoms with Crippen LogP contribution in [0.1, 0.15) is 30.0 Å². The SMILES string of the molecule is CCC(=Nc1ccccc1C#Cc1ccc(C)cc1)Nc1ccccc1. The van der Waals surface area contributed by atoms with Crippen LogP contribution in [0.5, 0.6) is 0 Å². The Morgan fingerprint density at radius 3 is 2.27 bits per heavy atom. The fourth-order valence-corrected chi connectivity index (χ4v) is 2.48. The van der Waals surface area contributed by atoms with Gasteiger partial charge in [0, 0.05) is 17.7 Å². The lowest BCUT2D eigenvalue weighted by atomic mass is 10.1. The normalized spacial score (nSPS) is 10.8. The summed E-state index contributed by atoms with van der Waals surface area (Å²) >= 11 is 0. The van der Waals surface area contributed by atoms with Gasteiger partial charge in [0.15, 0.2) is 0 Å². The summed E-state index contributed by atoms with van der Waals surface area (Å²) < 4.78 is 0. The van der Waals surface area contributed by atoms with Crippen molar-refractivity contribution in [2.24, 2.45) is 4.99 Å². The second-order valence-corrected chi connectivity index (χ2v) is 6.04. The molecule has 0 bridgehead atoms. The molecule has 0 aromatic heterocycles. The van der Waals surface area contributed by atoms with Gasteiger partial charge in [0.05, 0.1) is 11.3 Å². The number of para-hydroxylation sites is 2. The number of rotatable bonds is 3. The van der Waals surface area contributed by atoms with Gasteiger partial charge in [0.25, 0.3) is 0 Å². The molecule has 0 unspecified atom stereocenters. The van der Waals surface area contributed by atoms with Crippen molar-refractivity contribution in [3.05, 3.63) is 95.6 Å². The van der Waals surface area contributed by atoms with Crippen LogP contribution in [0.3, 0.4) is 0 Å². The highest BCUT2D eigenvalue weighted by atomic mass is 15.0. The maximum absolute atomic E-state index is 4.80. The van der Waals surface area contributed by atoms with Gasteiger partial charge < -0.3 is 5.32 Å². The van der Waals surface area contributed by atoms with E-state index in [0.717, 1.165) is 34.8 Å². The number of hydrogen-bond donors (Lipinski definition) is 1. The molecular weight excluding hydrogens is 316 g/mol. The van der Waals surface area contributed by atoms with Gasteiger partial charge in [-0.3, -0.25) is 0 Å². The lowest BCUT2D eigenvalue weighted by Gasteiger charge is -2.08. The van der Waals surface area contributed by atoms with Crippen LogP contribution in [0.4, 0.5) is 11.4 Å². The minimum absolute atomic E-state index is 0.814. The quantitative estimate of drug-likeness (QED) is 0.356. The van der Waals surface area contributed by atoms with Crippen molar-refractivity contribution in [2.45, 2.75) is 20.3 Å². The highest BCUT2D eigenvalue weighted by Crippen LogP contribution is 2.19. The van der Waals surface area contributed by atoms with Crippen LogP contribution in [0, 0.1) is 18.8 Å². The Hall–Kier alpha value is -3.31. The van der Waals surface area contributed by atoms with Gasteiger partial charge in [-0.25, -0.2) is 4.99 Å². The molecule has 3 aromatic carbocycles. The van der Waals surface area contributed by atoms with Crippen molar-refractivity contribution in [1.82, 2.24) is 0 Å². The third-order valence-corrected chi connectivity index (χ3v) is 3.95.